The Hall–Kier alpha value is -0.500. The van der Waals surface area contributed by atoms with E-state index in [2.05, 4.69) is 75.0 Å². The molecule has 0 spiro atoms. The summed E-state index contributed by atoms with van der Waals surface area (Å²) >= 11 is 7.84. The molecule has 2 rings (SSSR count). The zero-order valence-corrected chi connectivity index (χ0v) is 33.8. The fourth-order valence-electron chi connectivity index (χ4n) is 6.04. The third kappa shape index (κ3) is 19.5. The fraction of sp³-hybridized carbons (Fsp3) is 0.842. The minimum atomic E-state index is -2.49. The molecule has 0 bridgehead atoms. The Morgan fingerprint density at radius 3 is 1.96 bits per heavy atom. The molecular formula is C38H71N4O2PS2. The van der Waals surface area contributed by atoms with Crippen LogP contribution in [-0.4, -0.2) is 45.0 Å². The van der Waals surface area contributed by atoms with Crippen LogP contribution < -0.4 is 0 Å². The Bertz CT molecular complexity index is 1100. The quantitative estimate of drug-likeness (QED) is 0.0438. The van der Waals surface area contributed by atoms with Crippen LogP contribution >= 0.6 is 17.1 Å². The normalized spacial score (nSPS) is 14.0. The van der Waals surface area contributed by atoms with Crippen LogP contribution in [-0.2, 0) is 27.5 Å². The molecule has 0 aliphatic heterocycles. The molecule has 2 atom stereocenters. The zero-order chi connectivity index (χ0) is 34.2. The van der Waals surface area contributed by atoms with Crippen molar-refractivity contribution >= 4 is 39.9 Å². The van der Waals surface area contributed by atoms with Gasteiger partial charge < -0.3 is 9.05 Å². The van der Waals surface area contributed by atoms with Crippen molar-refractivity contribution in [2.45, 2.75) is 183 Å². The number of unbranched alkanes of at least 4 members (excludes halogenated alkanes) is 16. The maximum absolute atomic E-state index is 6.50. The van der Waals surface area contributed by atoms with Crippen LogP contribution in [0.5, 0.6) is 0 Å². The van der Waals surface area contributed by atoms with E-state index < -0.39 is 5.69 Å². The first kappa shape index (κ1) is 42.7. The van der Waals surface area contributed by atoms with Crippen LogP contribution in [0.4, 0.5) is 0 Å². The second-order valence-corrected chi connectivity index (χ2v) is 20.2. The Balaban J connectivity index is 1.82. The van der Waals surface area contributed by atoms with Crippen molar-refractivity contribution in [3.63, 3.8) is 0 Å². The number of hydrogen-bond acceptors (Lipinski definition) is 7. The molecule has 47 heavy (non-hydrogen) atoms. The Morgan fingerprint density at radius 2 is 1.40 bits per heavy atom. The van der Waals surface area contributed by atoms with Gasteiger partial charge in [-0.05, 0) is 69.0 Å². The number of hydrogen-bond donors (Lipinski definition) is 0. The predicted molar refractivity (Wildman–Crippen MR) is 211 cm³/mol. The molecule has 272 valence electrons. The molecule has 6 nitrogen and oxygen atoms in total. The Labute approximate surface area is 299 Å². The minimum Gasteiger partial charge on any atom is -0.321 e. The van der Waals surface area contributed by atoms with Gasteiger partial charge in [0.2, 0.25) is 5.69 Å². The van der Waals surface area contributed by atoms with Gasteiger partial charge in [-0.2, -0.15) is 0 Å². The van der Waals surface area contributed by atoms with Gasteiger partial charge in [-0.25, -0.2) is 4.68 Å². The number of aromatic nitrogens is 3. The minimum absolute atomic E-state index is 0.0420. The van der Waals surface area contributed by atoms with Crippen molar-refractivity contribution in [3.8, 4) is 0 Å². The average Bonchev–Trinajstić information content (AvgIpc) is 3.44. The van der Waals surface area contributed by atoms with Gasteiger partial charge in [-0.3, -0.25) is 4.90 Å². The maximum atomic E-state index is 6.50. The molecular weight excluding hydrogens is 640 g/mol. The lowest BCUT2D eigenvalue weighted by Crippen LogP contribution is -2.28. The van der Waals surface area contributed by atoms with E-state index in [-0.39, 0.29) is 6.10 Å². The molecule has 0 aliphatic rings. The van der Waals surface area contributed by atoms with Crippen molar-refractivity contribution in [3.05, 3.63) is 23.8 Å². The van der Waals surface area contributed by atoms with Crippen LogP contribution in [0.2, 0.25) is 0 Å². The summed E-state index contributed by atoms with van der Waals surface area (Å²) in [7, 11) is 0. The van der Waals surface area contributed by atoms with Crippen molar-refractivity contribution in [1.82, 2.24) is 19.9 Å². The first-order chi connectivity index (χ1) is 22.8. The highest BCUT2D eigenvalue weighted by molar-refractivity contribution is 8.67. The van der Waals surface area contributed by atoms with E-state index in [0.29, 0.717) is 19.2 Å². The summed E-state index contributed by atoms with van der Waals surface area (Å²) in [4.78, 5) is 2.46. The lowest BCUT2D eigenvalue weighted by Gasteiger charge is -2.29. The summed E-state index contributed by atoms with van der Waals surface area (Å²) in [6.07, 6.45) is 26.9. The van der Waals surface area contributed by atoms with Crippen LogP contribution in [0.15, 0.2) is 18.2 Å². The molecule has 1 aromatic carbocycles. The average molecular weight is 711 g/mol. The van der Waals surface area contributed by atoms with E-state index in [1.54, 1.807) is 11.4 Å². The summed E-state index contributed by atoms with van der Waals surface area (Å²) in [6, 6.07) is 6.39. The highest BCUT2D eigenvalue weighted by Gasteiger charge is 2.25. The molecule has 9 heteroatoms. The zero-order valence-electron chi connectivity index (χ0n) is 31.2. The van der Waals surface area contributed by atoms with E-state index in [0.717, 1.165) is 29.9 Å². The van der Waals surface area contributed by atoms with Gasteiger partial charge in [0.25, 0.3) is 0 Å². The molecule has 0 saturated heterocycles. The maximum Gasteiger partial charge on any atom is 0.248 e. The van der Waals surface area contributed by atoms with Gasteiger partial charge >= 0.3 is 0 Å². The molecule has 1 aromatic heterocycles. The molecule has 0 fully saturated rings. The topological polar surface area (TPSA) is 52.4 Å². The lowest BCUT2D eigenvalue weighted by atomic mass is 10.0. The van der Waals surface area contributed by atoms with Gasteiger partial charge in [-0.15, -0.1) is 5.10 Å². The van der Waals surface area contributed by atoms with Gasteiger partial charge in [0, 0.05) is 6.54 Å². The predicted octanol–water partition coefficient (Wildman–Crippen LogP) is 12.8. The number of rotatable bonds is 31. The highest BCUT2D eigenvalue weighted by atomic mass is 32.9. The Morgan fingerprint density at radius 1 is 0.830 bits per heavy atom. The van der Waals surface area contributed by atoms with E-state index in [1.165, 1.54) is 128 Å². The molecule has 0 radical (unpaired) electrons. The highest BCUT2D eigenvalue weighted by Crippen LogP contribution is 2.62. The second-order valence-electron chi connectivity index (χ2n) is 14.0. The largest absolute Gasteiger partial charge is 0.321 e. The van der Waals surface area contributed by atoms with E-state index in [4.69, 9.17) is 20.9 Å². The van der Waals surface area contributed by atoms with E-state index >= 15 is 0 Å². The smallest absolute Gasteiger partial charge is 0.248 e. The summed E-state index contributed by atoms with van der Waals surface area (Å²) < 4.78 is 14.9. The summed E-state index contributed by atoms with van der Waals surface area (Å²) in [6.45, 7) is 15.4. The molecule has 0 aliphatic carbocycles. The molecule has 2 aromatic rings. The number of nitrogens with zero attached hydrogens (tertiary/aromatic N) is 4. The Kier molecular flexibility index (Phi) is 23.9. The van der Waals surface area contributed by atoms with Crippen LogP contribution in [0.25, 0.3) is 11.0 Å². The van der Waals surface area contributed by atoms with Gasteiger partial charge in [0.15, 0.2) is 0 Å². The van der Waals surface area contributed by atoms with Crippen LogP contribution in [0.1, 0.15) is 169 Å². The van der Waals surface area contributed by atoms with Crippen molar-refractivity contribution < 1.29 is 9.05 Å². The number of benzene rings is 1. The third-order valence-corrected chi connectivity index (χ3v) is 14.4. The van der Waals surface area contributed by atoms with Crippen LogP contribution in [0.3, 0.4) is 0 Å². The van der Waals surface area contributed by atoms with Gasteiger partial charge in [0.1, 0.15) is 5.52 Å². The summed E-state index contributed by atoms with van der Waals surface area (Å²) in [5.74, 6) is 1.31. The third-order valence-electron chi connectivity index (χ3n) is 9.08. The van der Waals surface area contributed by atoms with Crippen LogP contribution in [0, 0.1) is 12.8 Å². The number of fused-ring (bicyclic) bond motifs is 1. The van der Waals surface area contributed by atoms with Crippen molar-refractivity contribution in [1.29, 1.82) is 0 Å². The first-order valence-corrected chi connectivity index (χ1v) is 23.6. The monoisotopic (exact) mass is 710 g/mol. The first-order valence-electron chi connectivity index (χ1n) is 19.4. The molecule has 0 saturated carbocycles. The van der Waals surface area contributed by atoms with E-state index in [1.807, 2.05) is 4.68 Å². The van der Waals surface area contributed by atoms with E-state index in [9.17, 15) is 0 Å². The molecule has 2 unspecified atom stereocenters. The standard InChI is InChI=1S/C38H71N4O2PS2/c1-7-10-12-13-14-15-16-17-18-19-20-21-22-23-24-25-29-41(32-42-38-28-27-35(6)30-37(38)39-40-42)33-47-45(46,44-34(4)5)43-31-36(9-3)26-11-8-2/h27-28,30,34,36H,7-26,29,31-33H2,1-6H3. The van der Waals surface area contributed by atoms with Gasteiger partial charge in [0.05, 0.1) is 30.8 Å². The molecule has 0 N–H and O–H groups in total. The molecule has 0 amide bonds. The SMILES string of the molecule is CCCCCCCCCCCCCCCCCCN(CSP(=S)(OCC(CC)CCCC)OC(C)C)Cn1nnc2cc(C)ccc21. The number of aryl methyl sites for hydroxylation is 1. The van der Waals surface area contributed by atoms with Crippen molar-refractivity contribution in [2.24, 2.45) is 5.92 Å². The fourth-order valence-corrected chi connectivity index (χ4v) is 10.8. The van der Waals surface area contributed by atoms with Gasteiger partial charge in [-0.1, -0.05) is 159 Å². The summed E-state index contributed by atoms with van der Waals surface area (Å²) in [5, 5.41) is 8.99. The lowest BCUT2D eigenvalue weighted by molar-refractivity contribution is 0.186. The second kappa shape index (κ2) is 26.3. The van der Waals surface area contributed by atoms with Crippen molar-refractivity contribution in [2.75, 3.05) is 19.0 Å². The summed E-state index contributed by atoms with van der Waals surface area (Å²) in [5.41, 5.74) is 0.751. The molecule has 1 heterocycles.